The molecule has 1 atom stereocenters. The van der Waals surface area contributed by atoms with Crippen molar-refractivity contribution in [1.82, 2.24) is 20.1 Å². The molecule has 5 rings (SSSR count). The van der Waals surface area contributed by atoms with Gasteiger partial charge in [-0.25, -0.2) is 9.67 Å². The van der Waals surface area contributed by atoms with Gasteiger partial charge in [-0.3, -0.25) is 4.79 Å². The Morgan fingerprint density at radius 1 is 1.09 bits per heavy atom. The highest BCUT2D eigenvalue weighted by atomic mass is 16.1. The number of aromatic nitrogens is 3. The third-order valence-corrected chi connectivity index (χ3v) is 6.27. The summed E-state index contributed by atoms with van der Waals surface area (Å²) in [5.41, 5.74) is 6.51. The highest BCUT2D eigenvalue weighted by Crippen LogP contribution is 2.40. The maximum absolute atomic E-state index is 13.6. The normalized spacial score (nSPS) is 14.5. The molecule has 1 aliphatic carbocycles. The first-order valence-electron chi connectivity index (χ1n) is 11.4. The second-order valence-corrected chi connectivity index (χ2v) is 8.75. The zero-order valence-corrected chi connectivity index (χ0v) is 18.8. The third kappa shape index (κ3) is 3.79. The Morgan fingerprint density at radius 3 is 2.47 bits per heavy atom. The standard InChI is InChI=1S/C27H28N4O/c1-4-23(19-12-10-17(2)11-13-19)29-27(32)22-16-24(20-14-15-20)28-26-25(22)18(3)30-31(26)21-8-6-5-7-9-21/h5-13,16,20,23H,4,14-15H2,1-3H3,(H,29,32). The molecule has 4 aromatic rings. The number of fused-ring (bicyclic) bond motifs is 1. The summed E-state index contributed by atoms with van der Waals surface area (Å²) in [6.45, 7) is 6.12. The number of hydrogen-bond acceptors (Lipinski definition) is 3. The average Bonchev–Trinajstić information content (AvgIpc) is 3.62. The summed E-state index contributed by atoms with van der Waals surface area (Å²) < 4.78 is 1.87. The first-order chi connectivity index (χ1) is 15.5. The van der Waals surface area contributed by atoms with Crippen molar-refractivity contribution in [2.45, 2.75) is 52.0 Å². The molecule has 5 heteroatoms. The van der Waals surface area contributed by atoms with Crippen LogP contribution in [0.25, 0.3) is 16.7 Å². The molecular weight excluding hydrogens is 396 g/mol. The van der Waals surface area contributed by atoms with E-state index in [4.69, 9.17) is 10.1 Å². The predicted octanol–water partition coefficient (Wildman–Crippen LogP) is 5.80. The lowest BCUT2D eigenvalue weighted by atomic mass is 10.0. The second-order valence-electron chi connectivity index (χ2n) is 8.75. The topological polar surface area (TPSA) is 59.8 Å². The van der Waals surface area contributed by atoms with Gasteiger partial charge in [0.2, 0.25) is 0 Å². The van der Waals surface area contributed by atoms with Gasteiger partial charge in [0.1, 0.15) is 0 Å². The molecular formula is C27H28N4O. The summed E-state index contributed by atoms with van der Waals surface area (Å²) in [4.78, 5) is 18.6. The molecule has 5 nitrogen and oxygen atoms in total. The first kappa shape index (κ1) is 20.4. The van der Waals surface area contributed by atoms with Gasteiger partial charge in [-0.15, -0.1) is 0 Å². The van der Waals surface area contributed by atoms with Crippen LogP contribution in [-0.2, 0) is 0 Å². The quantitative estimate of drug-likeness (QED) is 0.426. The number of carbonyl (C=O) groups is 1. The molecule has 1 aliphatic rings. The molecule has 32 heavy (non-hydrogen) atoms. The maximum Gasteiger partial charge on any atom is 0.252 e. The number of rotatable bonds is 6. The van der Waals surface area contributed by atoms with Gasteiger partial charge in [0.25, 0.3) is 5.91 Å². The molecule has 2 aromatic carbocycles. The molecule has 0 bridgehead atoms. The average molecular weight is 425 g/mol. The number of para-hydroxylation sites is 1. The lowest BCUT2D eigenvalue weighted by Gasteiger charge is -2.18. The van der Waals surface area contributed by atoms with E-state index in [0.717, 1.165) is 52.9 Å². The first-order valence-corrected chi connectivity index (χ1v) is 11.4. The number of benzene rings is 2. The zero-order chi connectivity index (χ0) is 22.2. The molecule has 1 amide bonds. The number of hydrogen-bond donors (Lipinski definition) is 1. The fourth-order valence-corrected chi connectivity index (χ4v) is 4.28. The second kappa shape index (κ2) is 8.23. The zero-order valence-electron chi connectivity index (χ0n) is 18.8. The molecule has 0 saturated heterocycles. The molecule has 2 aromatic heterocycles. The molecule has 2 heterocycles. The number of nitrogens with zero attached hydrogens (tertiary/aromatic N) is 3. The molecule has 1 saturated carbocycles. The van der Waals surface area contributed by atoms with Crippen LogP contribution in [0.3, 0.4) is 0 Å². The minimum atomic E-state index is -0.0672. The maximum atomic E-state index is 13.6. The fraction of sp³-hybridized carbons (Fsp3) is 0.296. The van der Waals surface area contributed by atoms with Crippen LogP contribution in [-0.4, -0.2) is 20.7 Å². The molecule has 1 unspecified atom stereocenters. The third-order valence-electron chi connectivity index (χ3n) is 6.27. The van der Waals surface area contributed by atoms with Gasteiger partial charge in [0.05, 0.1) is 28.4 Å². The number of amides is 1. The highest BCUT2D eigenvalue weighted by Gasteiger charge is 2.29. The minimum absolute atomic E-state index is 0.0415. The smallest absolute Gasteiger partial charge is 0.252 e. The lowest BCUT2D eigenvalue weighted by Crippen LogP contribution is -2.28. The predicted molar refractivity (Wildman–Crippen MR) is 127 cm³/mol. The molecule has 0 aliphatic heterocycles. The Morgan fingerprint density at radius 2 is 1.81 bits per heavy atom. The van der Waals surface area contributed by atoms with E-state index in [-0.39, 0.29) is 11.9 Å². The summed E-state index contributed by atoms with van der Waals surface area (Å²) in [5, 5.41) is 8.86. The van der Waals surface area contributed by atoms with E-state index >= 15 is 0 Å². The lowest BCUT2D eigenvalue weighted by molar-refractivity contribution is 0.0937. The van der Waals surface area contributed by atoms with Crippen LogP contribution in [0.15, 0.2) is 60.7 Å². The Labute approximate surface area is 188 Å². The van der Waals surface area contributed by atoms with E-state index in [9.17, 15) is 4.79 Å². The number of nitrogens with one attached hydrogen (secondary N) is 1. The molecule has 0 spiro atoms. The summed E-state index contributed by atoms with van der Waals surface area (Å²) in [6.07, 6.45) is 3.07. The summed E-state index contributed by atoms with van der Waals surface area (Å²) in [5.74, 6) is 0.367. The van der Waals surface area contributed by atoms with Crippen LogP contribution >= 0.6 is 0 Å². The van der Waals surface area contributed by atoms with E-state index in [1.165, 1.54) is 5.56 Å². The van der Waals surface area contributed by atoms with Crippen molar-refractivity contribution >= 4 is 16.9 Å². The Balaban J connectivity index is 1.59. The Kier molecular flexibility index (Phi) is 5.25. The van der Waals surface area contributed by atoms with Crippen molar-refractivity contribution in [3.05, 3.63) is 88.7 Å². The molecule has 1 N–H and O–H groups in total. The van der Waals surface area contributed by atoms with E-state index in [2.05, 4.69) is 43.4 Å². The number of pyridine rings is 1. The van der Waals surface area contributed by atoms with Crippen molar-refractivity contribution in [2.24, 2.45) is 0 Å². The van der Waals surface area contributed by atoms with Gasteiger partial charge in [-0.1, -0.05) is 55.0 Å². The van der Waals surface area contributed by atoms with Crippen LogP contribution in [0, 0.1) is 13.8 Å². The van der Waals surface area contributed by atoms with Gasteiger partial charge in [0.15, 0.2) is 5.65 Å². The number of carbonyl (C=O) groups excluding carboxylic acids is 1. The molecule has 0 radical (unpaired) electrons. The van der Waals surface area contributed by atoms with Crippen molar-refractivity contribution in [3.8, 4) is 5.69 Å². The van der Waals surface area contributed by atoms with Gasteiger partial charge in [-0.2, -0.15) is 5.10 Å². The van der Waals surface area contributed by atoms with Crippen molar-refractivity contribution in [3.63, 3.8) is 0 Å². The monoisotopic (exact) mass is 424 g/mol. The van der Waals surface area contributed by atoms with Gasteiger partial charge >= 0.3 is 0 Å². The highest BCUT2D eigenvalue weighted by molar-refractivity contribution is 6.07. The van der Waals surface area contributed by atoms with Crippen molar-refractivity contribution < 1.29 is 4.79 Å². The van der Waals surface area contributed by atoms with Crippen LogP contribution in [0.5, 0.6) is 0 Å². The largest absolute Gasteiger partial charge is 0.345 e. The molecule has 1 fully saturated rings. The van der Waals surface area contributed by atoms with E-state index in [1.807, 2.05) is 48.0 Å². The van der Waals surface area contributed by atoms with Gasteiger partial charge in [-0.05, 0) is 56.9 Å². The van der Waals surface area contributed by atoms with Gasteiger partial charge < -0.3 is 5.32 Å². The minimum Gasteiger partial charge on any atom is -0.345 e. The van der Waals surface area contributed by atoms with Crippen LogP contribution in [0.4, 0.5) is 0 Å². The Bertz CT molecular complexity index is 1270. The van der Waals surface area contributed by atoms with E-state index < -0.39 is 0 Å². The number of aryl methyl sites for hydroxylation is 2. The van der Waals surface area contributed by atoms with Crippen molar-refractivity contribution in [2.75, 3.05) is 0 Å². The van der Waals surface area contributed by atoms with Gasteiger partial charge in [0, 0.05) is 11.6 Å². The van der Waals surface area contributed by atoms with Crippen molar-refractivity contribution in [1.29, 1.82) is 0 Å². The van der Waals surface area contributed by atoms with E-state index in [1.54, 1.807) is 0 Å². The van der Waals surface area contributed by atoms with Crippen LogP contribution in [0.1, 0.15) is 71.0 Å². The fourth-order valence-electron chi connectivity index (χ4n) is 4.28. The van der Waals surface area contributed by atoms with Crippen LogP contribution < -0.4 is 5.32 Å². The van der Waals surface area contributed by atoms with Crippen LogP contribution in [0.2, 0.25) is 0 Å². The summed E-state index contributed by atoms with van der Waals surface area (Å²) in [7, 11) is 0. The van der Waals surface area contributed by atoms with E-state index in [0.29, 0.717) is 11.5 Å². The molecule has 162 valence electrons. The summed E-state index contributed by atoms with van der Waals surface area (Å²) >= 11 is 0. The summed E-state index contributed by atoms with van der Waals surface area (Å²) in [6, 6.07) is 20.3. The Hall–Kier alpha value is -3.47. The SMILES string of the molecule is CCC(NC(=O)c1cc(C2CC2)nc2c1c(C)nn2-c1ccccc1)c1ccc(C)cc1.